The van der Waals surface area contributed by atoms with Gasteiger partial charge in [0.1, 0.15) is 17.5 Å². The maximum atomic E-state index is 6.33. The summed E-state index contributed by atoms with van der Waals surface area (Å²) in [6.45, 7) is 3.41. The van der Waals surface area contributed by atoms with Crippen LogP contribution in [0, 0.1) is 0 Å². The zero-order valence-electron chi connectivity index (χ0n) is 16.6. The third kappa shape index (κ3) is 2.68. The molecule has 3 aromatic rings. The van der Waals surface area contributed by atoms with E-state index in [9.17, 15) is 0 Å². The fraction of sp³-hybridized carbons (Fsp3) is 0.500. The number of nitrogens with zero attached hydrogens (tertiary/aromatic N) is 4. The molecule has 0 saturated heterocycles. The van der Waals surface area contributed by atoms with Crippen LogP contribution < -0.4 is 10.5 Å². The predicted molar refractivity (Wildman–Crippen MR) is 108 cm³/mol. The number of fused-ring (bicyclic) bond motifs is 4. The first-order chi connectivity index (χ1) is 14.0. The molecule has 1 aliphatic heterocycles. The number of hydrogen-bond acceptors (Lipinski definition) is 6. The molecule has 3 saturated carbocycles. The zero-order chi connectivity index (χ0) is 19.6. The van der Waals surface area contributed by atoms with Crippen LogP contribution in [0.5, 0.6) is 5.75 Å². The molecule has 2 aromatic heterocycles. The van der Waals surface area contributed by atoms with Gasteiger partial charge in [0.15, 0.2) is 0 Å². The Morgan fingerprint density at radius 1 is 1.28 bits per heavy atom. The van der Waals surface area contributed by atoms with Crippen molar-refractivity contribution in [3.8, 4) is 5.75 Å². The van der Waals surface area contributed by atoms with E-state index in [1.54, 1.807) is 0 Å². The number of aromatic nitrogens is 4. The Kier molecular flexibility index (Phi) is 3.59. The lowest BCUT2D eigenvalue weighted by Crippen LogP contribution is -2.55. The number of hydrogen-bond donors (Lipinski definition) is 1. The third-order valence-corrected chi connectivity index (χ3v) is 6.97. The Morgan fingerprint density at radius 2 is 2.17 bits per heavy atom. The molecule has 1 aromatic carbocycles. The monoisotopic (exact) mass is 391 g/mol. The van der Waals surface area contributed by atoms with E-state index in [2.05, 4.69) is 21.4 Å². The summed E-state index contributed by atoms with van der Waals surface area (Å²) < 4.78 is 13.8. The molecule has 2 N–H and O–H groups in total. The van der Waals surface area contributed by atoms with Crippen LogP contribution in [0.2, 0.25) is 0 Å². The van der Waals surface area contributed by atoms with Crippen molar-refractivity contribution in [2.45, 2.75) is 62.8 Å². The van der Waals surface area contributed by atoms with Gasteiger partial charge in [-0.25, -0.2) is 4.68 Å². The predicted octanol–water partition coefficient (Wildman–Crippen LogP) is 3.02. The van der Waals surface area contributed by atoms with Crippen molar-refractivity contribution in [1.29, 1.82) is 0 Å². The van der Waals surface area contributed by atoms with Gasteiger partial charge in [-0.3, -0.25) is 4.98 Å². The summed E-state index contributed by atoms with van der Waals surface area (Å²) in [7, 11) is 0. The van der Waals surface area contributed by atoms with Gasteiger partial charge in [0.05, 0.1) is 30.5 Å². The summed E-state index contributed by atoms with van der Waals surface area (Å²) in [5, 5.41) is 9.97. The third-order valence-electron chi connectivity index (χ3n) is 6.97. The lowest BCUT2D eigenvalue weighted by atomic mass is 9.72. The number of nitrogens with two attached hydrogens (primary N) is 1. The summed E-state index contributed by atoms with van der Waals surface area (Å²) in [6.07, 6.45) is 8.87. The average Bonchev–Trinajstić information content (AvgIpc) is 3.41. The van der Waals surface area contributed by atoms with Crippen molar-refractivity contribution in [2.75, 3.05) is 6.61 Å². The first kappa shape index (κ1) is 17.4. The lowest BCUT2D eigenvalue weighted by molar-refractivity contribution is 0.107. The van der Waals surface area contributed by atoms with Crippen LogP contribution in [0.25, 0.3) is 10.9 Å². The smallest absolute Gasteiger partial charge is 0.141 e. The molecule has 3 fully saturated rings. The SMILES string of the molecule is C[C@@H](Oc1ccc2ncc3c(c2c1)CCOC3)c1cn(C23CCC(N)(C2)C3)nn1. The summed E-state index contributed by atoms with van der Waals surface area (Å²) in [6, 6.07) is 6.10. The quantitative estimate of drug-likeness (QED) is 0.735. The van der Waals surface area contributed by atoms with Crippen molar-refractivity contribution in [3.05, 3.63) is 47.4 Å². The van der Waals surface area contributed by atoms with Crippen molar-refractivity contribution in [1.82, 2.24) is 20.0 Å². The van der Waals surface area contributed by atoms with E-state index in [4.69, 9.17) is 15.2 Å². The number of pyridine rings is 1. The fourth-order valence-electron chi connectivity index (χ4n) is 5.45. The van der Waals surface area contributed by atoms with Crippen LogP contribution in [0.4, 0.5) is 0 Å². The minimum Gasteiger partial charge on any atom is -0.484 e. The van der Waals surface area contributed by atoms with Gasteiger partial charge in [-0.1, -0.05) is 5.21 Å². The molecule has 0 spiro atoms. The molecule has 0 radical (unpaired) electrons. The topological polar surface area (TPSA) is 88.1 Å². The van der Waals surface area contributed by atoms with Crippen molar-refractivity contribution >= 4 is 10.9 Å². The largest absolute Gasteiger partial charge is 0.484 e. The maximum absolute atomic E-state index is 6.33. The number of rotatable bonds is 4. The van der Waals surface area contributed by atoms with Crippen LogP contribution in [0.15, 0.2) is 30.6 Å². The Labute approximate surface area is 169 Å². The Hall–Kier alpha value is -2.51. The highest BCUT2D eigenvalue weighted by molar-refractivity contribution is 5.84. The normalized spacial score (nSPS) is 28.8. The average molecular weight is 391 g/mol. The van der Waals surface area contributed by atoms with Crippen LogP contribution in [0.1, 0.15) is 55.5 Å². The molecule has 0 unspecified atom stereocenters. The Morgan fingerprint density at radius 3 is 3.00 bits per heavy atom. The summed E-state index contributed by atoms with van der Waals surface area (Å²) in [4.78, 5) is 4.57. The molecule has 2 bridgehead atoms. The molecule has 7 nitrogen and oxygen atoms in total. The highest BCUT2D eigenvalue weighted by Gasteiger charge is 2.60. The van der Waals surface area contributed by atoms with Crippen LogP contribution >= 0.6 is 0 Å². The molecule has 3 aliphatic carbocycles. The van der Waals surface area contributed by atoms with Crippen LogP contribution in [0.3, 0.4) is 0 Å². The molecule has 1 atom stereocenters. The van der Waals surface area contributed by atoms with Gasteiger partial charge >= 0.3 is 0 Å². The van der Waals surface area contributed by atoms with Gasteiger partial charge in [-0.15, -0.1) is 5.10 Å². The van der Waals surface area contributed by atoms with E-state index >= 15 is 0 Å². The maximum Gasteiger partial charge on any atom is 0.141 e. The second-order valence-corrected chi connectivity index (χ2v) is 9.03. The zero-order valence-corrected chi connectivity index (χ0v) is 16.6. The first-order valence-corrected chi connectivity index (χ1v) is 10.4. The lowest BCUT2D eigenvalue weighted by Gasteiger charge is -2.44. The van der Waals surface area contributed by atoms with Gasteiger partial charge < -0.3 is 15.2 Å². The summed E-state index contributed by atoms with van der Waals surface area (Å²) in [5.41, 5.74) is 10.8. The van der Waals surface area contributed by atoms with E-state index in [0.717, 1.165) is 61.1 Å². The van der Waals surface area contributed by atoms with Gasteiger partial charge in [-0.05, 0) is 68.4 Å². The highest BCUT2D eigenvalue weighted by atomic mass is 16.5. The van der Waals surface area contributed by atoms with E-state index in [0.29, 0.717) is 6.61 Å². The summed E-state index contributed by atoms with van der Waals surface area (Å²) in [5.74, 6) is 0.824. The summed E-state index contributed by atoms with van der Waals surface area (Å²) >= 11 is 0. The molecule has 29 heavy (non-hydrogen) atoms. The van der Waals surface area contributed by atoms with E-state index in [1.807, 2.05) is 36.1 Å². The van der Waals surface area contributed by atoms with Crippen molar-refractivity contribution in [3.63, 3.8) is 0 Å². The van der Waals surface area contributed by atoms with Gasteiger partial charge in [0, 0.05) is 17.1 Å². The van der Waals surface area contributed by atoms with Crippen LogP contribution in [-0.4, -0.2) is 32.1 Å². The van der Waals surface area contributed by atoms with Crippen molar-refractivity contribution in [2.24, 2.45) is 5.73 Å². The molecule has 7 rings (SSSR count). The minimum atomic E-state index is -0.183. The van der Waals surface area contributed by atoms with E-state index in [-0.39, 0.29) is 17.2 Å². The van der Waals surface area contributed by atoms with E-state index < -0.39 is 0 Å². The molecule has 3 heterocycles. The first-order valence-electron chi connectivity index (χ1n) is 10.4. The molecule has 7 heteroatoms. The Balaban J connectivity index is 1.25. The second-order valence-electron chi connectivity index (χ2n) is 9.03. The standard InChI is InChI=1S/C22H25N5O2/c1-14(20-10-27(26-25-20)22-6-5-21(23,12-22)13-22)29-16-2-3-19-18(8-16)17-4-7-28-11-15(17)9-24-19/h2-3,8-10,14H,4-7,11-13,23H2,1H3/t14-,21?,22?/m1/s1. The van der Waals surface area contributed by atoms with Gasteiger partial charge in [0.2, 0.25) is 0 Å². The van der Waals surface area contributed by atoms with Gasteiger partial charge in [-0.2, -0.15) is 0 Å². The molecule has 0 amide bonds. The fourth-order valence-corrected chi connectivity index (χ4v) is 5.45. The molecular formula is C22H25N5O2. The Bertz CT molecular complexity index is 1100. The number of benzene rings is 1. The number of ether oxygens (including phenoxy) is 2. The molecule has 150 valence electrons. The van der Waals surface area contributed by atoms with E-state index in [1.165, 1.54) is 11.1 Å². The second kappa shape index (κ2) is 6.00. The minimum absolute atomic E-state index is 0.0253. The molecule has 4 aliphatic rings. The van der Waals surface area contributed by atoms with Gasteiger partial charge in [0.25, 0.3) is 0 Å². The van der Waals surface area contributed by atoms with Crippen LogP contribution in [-0.2, 0) is 23.3 Å². The molecular weight excluding hydrogens is 366 g/mol. The highest BCUT2D eigenvalue weighted by Crippen LogP contribution is 2.57. The van der Waals surface area contributed by atoms with Crippen molar-refractivity contribution < 1.29 is 9.47 Å².